The van der Waals surface area contributed by atoms with Gasteiger partial charge in [-0.3, -0.25) is 4.98 Å². The van der Waals surface area contributed by atoms with Crippen molar-refractivity contribution >= 4 is 0 Å². The quantitative estimate of drug-likeness (QED) is 0.805. The molecule has 0 N–H and O–H groups in total. The zero-order valence-electron chi connectivity index (χ0n) is 14.6. The van der Waals surface area contributed by atoms with E-state index in [9.17, 15) is 0 Å². The van der Waals surface area contributed by atoms with E-state index in [-0.39, 0.29) is 6.10 Å². The number of nitrogens with zero attached hydrogens (tertiary/aromatic N) is 2. The Hall–Kier alpha value is -0.970. The molecule has 1 aromatic rings. The van der Waals surface area contributed by atoms with E-state index in [0.29, 0.717) is 12.0 Å². The van der Waals surface area contributed by atoms with E-state index in [4.69, 9.17) is 14.5 Å². The second-order valence-electron chi connectivity index (χ2n) is 6.75. The van der Waals surface area contributed by atoms with Crippen molar-refractivity contribution in [3.63, 3.8) is 0 Å². The summed E-state index contributed by atoms with van der Waals surface area (Å²) in [5.41, 5.74) is 3.50. The van der Waals surface area contributed by atoms with Crippen molar-refractivity contribution in [2.45, 2.75) is 58.3 Å². The van der Waals surface area contributed by atoms with E-state index in [2.05, 4.69) is 51.9 Å². The number of rotatable bonds is 6. The molecule has 0 bridgehead atoms. The maximum atomic E-state index is 6.26. The molecule has 0 aliphatic carbocycles. The molecular formula is C18H30N2O2. The van der Waals surface area contributed by atoms with Crippen molar-refractivity contribution in [3.05, 3.63) is 29.1 Å². The first-order valence-corrected chi connectivity index (χ1v) is 8.35. The van der Waals surface area contributed by atoms with E-state index < -0.39 is 0 Å². The van der Waals surface area contributed by atoms with Gasteiger partial charge in [-0.25, -0.2) is 0 Å². The van der Waals surface area contributed by atoms with Crippen LogP contribution in [0.4, 0.5) is 0 Å². The Bertz CT molecular complexity index is 468. The number of hydrogen-bond donors (Lipinski definition) is 0. The van der Waals surface area contributed by atoms with Gasteiger partial charge in [-0.05, 0) is 45.8 Å². The normalized spacial score (nSPS) is 18.1. The highest BCUT2D eigenvalue weighted by Crippen LogP contribution is 2.27. The number of ether oxygens (including phenoxy) is 2. The molecule has 1 aliphatic heterocycles. The molecule has 4 heteroatoms. The van der Waals surface area contributed by atoms with Gasteiger partial charge in [-0.1, -0.05) is 19.9 Å². The van der Waals surface area contributed by atoms with Gasteiger partial charge in [0.15, 0.2) is 0 Å². The molecule has 2 rings (SSSR count). The molecule has 0 spiro atoms. The van der Waals surface area contributed by atoms with Crippen LogP contribution in [0, 0.1) is 0 Å². The second-order valence-corrected chi connectivity index (χ2v) is 6.75. The highest BCUT2D eigenvalue weighted by atomic mass is 16.5. The first-order valence-electron chi connectivity index (χ1n) is 8.35. The van der Waals surface area contributed by atoms with Crippen LogP contribution in [0.1, 0.15) is 62.6 Å². The molecule has 4 nitrogen and oxygen atoms in total. The van der Waals surface area contributed by atoms with Crippen LogP contribution in [0.25, 0.3) is 0 Å². The van der Waals surface area contributed by atoms with E-state index >= 15 is 0 Å². The highest BCUT2D eigenvalue weighted by Gasteiger charge is 2.21. The molecule has 1 aliphatic rings. The topological polar surface area (TPSA) is 34.6 Å². The molecule has 1 aromatic heterocycles. The Balaban J connectivity index is 2.16. The predicted molar refractivity (Wildman–Crippen MR) is 89.1 cm³/mol. The van der Waals surface area contributed by atoms with Crippen LogP contribution in [0.5, 0.6) is 0 Å². The van der Waals surface area contributed by atoms with E-state index in [0.717, 1.165) is 44.0 Å². The van der Waals surface area contributed by atoms with Crippen LogP contribution >= 0.6 is 0 Å². The summed E-state index contributed by atoms with van der Waals surface area (Å²) < 4.78 is 11.7. The van der Waals surface area contributed by atoms with Gasteiger partial charge in [-0.2, -0.15) is 0 Å². The van der Waals surface area contributed by atoms with Crippen molar-refractivity contribution in [1.82, 2.24) is 9.88 Å². The standard InChI is InChI=1S/C18H30N2O2/c1-13(2)17-7-6-16(18(19-17)12-20(4)5)14(3)22-15-8-10-21-11-9-15/h6-7,13-15H,8-12H2,1-5H3. The Morgan fingerprint density at radius 2 is 1.91 bits per heavy atom. The minimum absolute atomic E-state index is 0.0757. The van der Waals surface area contributed by atoms with Gasteiger partial charge >= 0.3 is 0 Å². The number of hydrogen-bond acceptors (Lipinski definition) is 4. The van der Waals surface area contributed by atoms with Gasteiger partial charge in [0, 0.05) is 31.0 Å². The van der Waals surface area contributed by atoms with Crippen molar-refractivity contribution in [2.24, 2.45) is 0 Å². The fraction of sp³-hybridized carbons (Fsp3) is 0.722. The molecule has 124 valence electrons. The fourth-order valence-electron chi connectivity index (χ4n) is 2.82. The van der Waals surface area contributed by atoms with Crippen molar-refractivity contribution < 1.29 is 9.47 Å². The third kappa shape index (κ3) is 4.77. The zero-order valence-corrected chi connectivity index (χ0v) is 14.6. The van der Waals surface area contributed by atoms with E-state index in [1.54, 1.807) is 0 Å². The van der Waals surface area contributed by atoms with E-state index in [1.165, 1.54) is 5.56 Å². The Labute approximate surface area is 134 Å². The molecule has 22 heavy (non-hydrogen) atoms. The van der Waals surface area contributed by atoms with Gasteiger partial charge in [0.2, 0.25) is 0 Å². The van der Waals surface area contributed by atoms with Gasteiger partial charge in [-0.15, -0.1) is 0 Å². The number of aromatic nitrogens is 1. The predicted octanol–water partition coefficient (Wildman–Crippen LogP) is 3.52. The average Bonchev–Trinajstić information content (AvgIpc) is 2.47. The van der Waals surface area contributed by atoms with Crippen LogP contribution in [0.3, 0.4) is 0 Å². The van der Waals surface area contributed by atoms with Gasteiger partial charge < -0.3 is 14.4 Å². The van der Waals surface area contributed by atoms with Gasteiger partial charge in [0.05, 0.1) is 17.9 Å². The molecule has 1 fully saturated rings. The largest absolute Gasteiger partial charge is 0.381 e. The molecule has 1 unspecified atom stereocenters. The van der Waals surface area contributed by atoms with Gasteiger partial charge in [0.1, 0.15) is 0 Å². The lowest BCUT2D eigenvalue weighted by Gasteiger charge is -2.27. The third-order valence-corrected chi connectivity index (χ3v) is 4.09. The summed E-state index contributed by atoms with van der Waals surface area (Å²) in [6.45, 7) is 8.98. The van der Waals surface area contributed by atoms with Gasteiger partial charge in [0.25, 0.3) is 0 Å². The van der Waals surface area contributed by atoms with Crippen LogP contribution in [0.15, 0.2) is 12.1 Å². The summed E-state index contributed by atoms with van der Waals surface area (Å²) in [6.07, 6.45) is 2.36. The summed E-state index contributed by atoms with van der Waals surface area (Å²) in [5.74, 6) is 0.446. The molecule has 0 amide bonds. The average molecular weight is 306 g/mol. The minimum atomic E-state index is 0.0757. The Morgan fingerprint density at radius 3 is 2.50 bits per heavy atom. The fourth-order valence-corrected chi connectivity index (χ4v) is 2.82. The van der Waals surface area contributed by atoms with E-state index in [1.807, 2.05) is 0 Å². The maximum absolute atomic E-state index is 6.26. The lowest BCUT2D eigenvalue weighted by atomic mass is 10.0. The van der Waals surface area contributed by atoms with Crippen LogP contribution in [-0.2, 0) is 16.0 Å². The minimum Gasteiger partial charge on any atom is -0.381 e. The molecule has 1 atom stereocenters. The van der Waals surface area contributed by atoms with Crippen LogP contribution < -0.4 is 0 Å². The Morgan fingerprint density at radius 1 is 1.23 bits per heavy atom. The first-order chi connectivity index (χ1) is 10.5. The SMILES string of the molecule is CC(C)c1ccc(C(C)OC2CCOCC2)c(CN(C)C)n1. The maximum Gasteiger partial charge on any atom is 0.0818 e. The van der Waals surface area contributed by atoms with Crippen LogP contribution in [0.2, 0.25) is 0 Å². The smallest absolute Gasteiger partial charge is 0.0818 e. The monoisotopic (exact) mass is 306 g/mol. The molecular weight excluding hydrogens is 276 g/mol. The summed E-state index contributed by atoms with van der Waals surface area (Å²) in [7, 11) is 4.16. The third-order valence-electron chi connectivity index (χ3n) is 4.09. The highest BCUT2D eigenvalue weighted by molar-refractivity contribution is 5.26. The second kappa shape index (κ2) is 8.04. The first kappa shape index (κ1) is 17.4. The summed E-state index contributed by atoms with van der Waals surface area (Å²) in [4.78, 5) is 7.04. The molecule has 1 saturated heterocycles. The lowest BCUT2D eigenvalue weighted by Crippen LogP contribution is -2.25. The van der Waals surface area contributed by atoms with Crippen molar-refractivity contribution in [1.29, 1.82) is 0 Å². The molecule has 0 saturated carbocycles. The summed E-state index contributed by atoms with van der Waals surface area (Å²) >= 11 is 0. The summed E-state index contributed by atoms with van der Waals surface area (Å²) in [5, 5.41) is 0. The lowest BCUT2D eigenvalue weighted by molar-refractivity contribution is -0.0640. The zero-order chi connectivity index (χ0) is 16.1. The molecule has 0 aromatic carbocycles. The molecule has 0 radical (unpaired) electrons. The molecule has 2 heterocycles. The Kier molecular flexibility index (Phi) is 6.36. The van der Waals surface area contributed by atoms with Crippen molar-refractivity contribution in [3.8, 4) is 0 Å². The summed E-state index contributed by atoms with van der Waals surface area (Å²) in [6, 6.07) is 4.34. The number of pyridine rings is 1. The van der Waals surface area contributed by atoms with Crippen LogP contribution in [-0.4, -0.2) is 43.3 Å². The van der Waals surface area contributed by atoms with Crippen molar-refractivity contribution in [2.75, 3.05) is 27.3 Å².